The lowest BCUT2D eigenvalue weighted by molar-refractivity contribution is 0.668. The highest BCUT2D eigenvalue weighted by Gasteiger charge is 2.20. The van der Waals surface area contributed by atoms with E-state index in [2.05, 4.69) is 12.1 Å². The zero-order chi connectivity index (χ0) is 42.7. The van der Waals surface area contributed by atoms with Gasteiger partial charge in [-0.1, -0.05) is 133 Å². The van der Waals surface area contributed by atoms with Crippen molar-refractivity contribution < 1.29 is 17.1 Å². The van der Waals surface area contributed by atoms with Gasteiger partial charge in [-0.25, -0.2) is 15.0 Å². The fourth-order valence-electron chi connectivity index (χ4n) is 7.76. The normalized spacial score (nSPS) is 13.3. The number of benzene rings is 8. The molecule has 0 amide bonds. The lowest BCUT2D eigenvalue weighted by Gasteiger charge is -2.09. The average Bonchev–Trinajstić information content (AvgIpc) is 4.03. The molecule has 4 heterocycles. The number of thiophene rings is 1. The van der Waals surface area contributed by atoms with Gasteiger partial charge < -0.3 is 8.83 Å². The molecule has 4 aromatic heterocycles. The van der Waals surface area contributed by atoms with E-state index in [0.29, 0.717) is 33.4 Å². The Bertz CT molecular complexity index is 3880. The summed E-state index contributed by atoms with van der Waals surface area (Å²) in [6.45, 7) is 0. The van der Waals surface area contributed by atoms with Crippen LogP contribution >= 0.6 is 11.3 Å². The Labute approximate surface area is 338 Å². The van der Waals surface area contributed by atoms with Crippen LogP contribution in [-0.4, -0.2) is 15.0 Å². The monoisotopic (exact) mass is 753 g/mol. The van der Waals surface area contributed by atoms with Crippen LogP contribution < -0.4 is 0 Å². The predicted molar refractivity (Wildman–Crippen MR) is 234 cm³/mol. The van der Waals surface area contributed by atoms with Crippen LogP contribution in [0, 0.1) is 0 Å². The van der Waals surface area contributed by atoms with Gasteiger partial charge in [0.2, 0.25) is 0 Å². The van der Waals surface area contributed by atoms with Crippen molar-refractivity contribution in [2.45, 2.75) is 0 Å². The molecule has 12 rings (SSSR count). The molecule has 57 heavy (non-hydrogen) atoms. The molecule has 0 aliphatic carbocycles. The zero-order valence-electron chi connectivity index (χ0n) is 35.8. The van der Waals surface area contributed by atoms with Gasteiger partial charge in [0.1, 0.15) is 22.3 Å². The Morgan fingerprint density at radius 1 is 0.421 bits per heavy atom. The highest BCUT2D eigenvalue weighted by Crippen LogP contribution is 2.42. The minimum Gasteiger partial charge on any atom is -0.456 e. The van der Waals surface area contributed by atoms with E-state index in [9.17, 15) is 5.48 Å². The number of aromatic nitrogens is 3. The summed E-state index contributed by atoms with van der Waals surface area (Å²) in [4.78, 5) is 14.8. The molecule has 0 fully saturated rings. The zero-order valence-corrected chi connectivity index (χ0v) is 30.7. The van der Waals surface area contributed by atoms with Crippen molar-refractivity contribution >= 4 is 75.4 Å². The second kappa shape index (κ2) is 12.6. The third-order valence-electron chi connectivity index (χ3n) is 10.5. The van der Waals surface area contributed by atoms with Gasteiger partial charge in [-0.2, -0.15) is 0 Å². The maximum Gasteiger partial charge on any atom is 0.167 e. The van der Waals surface area contributed by atoms with Gasteiger partial charge in [-0.05, 0) is 64.6 Å². The molecule has 8 aromatic carbocycles. The van der Waals surface area contributed by atoms with Crippen LogP contribution in [0.4, 0.5) is 0 Å². The first-order chi connectivity index (χ1) is 30.7. The molecule has 0 aliphatic rings. The summed E-state index contributed by atoms with van der Waals surface area (Å²) in [5.41, 5.74) is 5.28. The van der Waals surface area contributed by atoms with Crippen molar-refractivity contribution in [1.82, 2.24) is 15.0 Å². The van der Waals surface area contributed by atoms with Gasteiger partial charge in [-0.15, -0.1) is 11.3 Å². The Kier molecular flexibility index (Phi) is 5.82. The topological polar surface area (TPSA) is 65.0 Å². The first-order valence-corrected chi connectivity index (χ1v) is 19.3. The molecule has 0 unspecified atom stereocenters. The molecule has 0 bridgehead atoms. The third-order valence-corrected chi connectivity index (χ3v) is 11.6. The predicted octanol–water partition coefficient (Wildman–Crippen LogP) is 14.4. The molecule has 0 radical (unpaired) electrons. The first-order valence-electron chi connectivity index (χ1n) is 21.4. The fraction of sp³-hybridized carbons (Fsp3) is 0. The summed E-state index contributed by atoms with van der Waals surface area (Å²) in [5, 5.41) is 4.31. The van der Waals surface area contributed by atoms with E-state index in [-0.39, 0.29) is 81.2 Å². The SMILES string of the molecule is [2H]c1c([2H])c(-c2ccc3c(c2)sc2ccccc23)c2c(oc3c([2H])c(-c4nc(-c5ccc(-c6ccccc6)cc5)nc(-c5cccc6c5oc5ccccc56)n4)c([2H])c([2H])c32)c1[2H]. The molecular formula is C51H29N3O2S. The molecule has 5 nitrogen and oxygen atoms in total. The van der Waals surface area contributed by atoms with Crippen LogP contribution in [0.1, 0.15) is 8.22 Å². The number of hydrogen-bond donors (Lipinski definition) is 0. The highest BCUT2D eigenvalue weighted by atomic mass is 32.1. The highest BCUT2D eigenvalue weighted by molar-refractivity contribution is 7.25. The van der Waals surface area contributed by atoms with Crippen molar-refractivity contribution in [2.75, 3.05) is 0 Å². The molecular weight excluding hydrogens is 719 g/mol. The van der Waals surface area contributed by atoms with Crippen molar-refractivity contribution in [3.8, 4) is 56.4 Å². The van der Waals surface area contributed by atoms with Gasteiger partial charge in [0.15, 0.2) is 17.5 Å². The van der Waals surface area contributed by atoms with Crippen molar-refractivity contribution in [1.29, 1.82) is 0 Å². The summed E-state index contributed by atoms with van der Waals surface area (Å²) < 4.78 is 70.6. The van der Waals surface area contributed by atoms with Crippen LogP contribution in [0.3, 0.4) is 0 Å². The first kappa shape index (κ1) is 26.4. The van der Waals surface area contributed by atoms with Gasteiger partial charge in [0.25, 0.3) is 0 Å². The smallest absolute Gasteiger partial charge is 0.167 e. The molecule has 0 saturated heterocycles. The fourth-order valence-corrected chi connectivity index (χ4v) is 8.91. The number of fused-ring (bicyclic) bond motifs is 9. The molecule has 266 valence electrons. The number of nitrogens with zero attached hydrogens (tertiary/aromatic N) is 3. The lowest BCUT2D eigenvalue weighted by atomic mass is 9.98. The van der Waals surface area contributed by atoms with Crippen molar-refractivity contribution in [3.63, 3.8) is 0 Å². The van der Waals surface area contributed by atoms with Crippen LogP contribution in [-0.2, 0) is 0 Å². The molecule has 0 atom stereocenters. The van der Waals surface area contributed by atoms with E-state index in [0.717, 1.165) is 42.1 Å². The quantitative estimate of drug-likeness (QED) is 0.175. The second-order valence-electron chi connectivity index (χ2n) is 13.8. The average molecular weight is 754 g/mol. The molecule has 0 aliphatic heterocycles. The Morgan fingerprint density at radius 2 is 1.12 bits per heavy atom. The van der Waals surface area contributed by atoms with Gasteiger partial charge >= 0.3 is 0 Å². The van der Waals surface area contributed by atoms with Gasteiger partial charge in [0.05, 0.1) is 13.8 Å². The van der Waals surface area contributed by atoms with Crippen LogP contribution in [0.15, 0.2) is 185 Å². The van der Waals surface area contributed by atoms with E-state index in [1.807, 2.05) is 127 Å². The van der Waals surface area contributed by atoms with E-state index in [1.165, 1.54) is 0 Å². The summed E-state index contributed by atoms with van der Waals surface area (Å²) in [5.74, 6) is 0.500. The third kappa shape index (κ3) is 5.19. The summed E-state index contributed by atoms with van der Waals surface area (Å²) in [6.07, 6.45) is 0. The van der Waals surface area contributed by atoms with Crippen molar-refractivity contribution in [2.24, 2.45) is 0 Å². The lowest BCUT2D eigenvalue weighted by Crippen LogP contribution is -2.00. The maximum atomic E-state index is 9.68. The molecule has 6 heteroatoms. The van der Waals surface area contributed by atoms with Crippen LogP contribution in [0.2, 0.25) is 0 Å². The molecule has 0 N–H and O–H groups in total. The van der Waals surface area contributed by atoms with Gasteiger partial charge in [-0.3, -0.25) is 0 Å². The summed E-state index contributed by atoms with van der Waals surface area (Å²) >= 11 is 1.61. The largest absolute Gasteiger partial charge is 0.456 e. The number of para-hydroxylation sites is 2. The minimum atomic E-state index is -0.345. The standard InChI is InChI=1S/C51H29N3O2S/c1-2-10-30(11-3-1)31-20-22-32(23-21-31)49-52-50(54-51(53-49)41-16-8-15-39-36-12-4-6-17-42(36)56-48(39)41)34-25-27-40-44(28-34)55-43-18-9-14-35(47(40)43)33-24-26-38-37-13-5-7-19-45(37)57-46(38)29-33/h1-29H/i9D,14D,18D,25D,27D,28D. The van der Waals surface area contributed by atoms with Gasteiger partial charge in [0, 0.05) is 52.8 Å². The molecule has 12 aromatic rings. The molecule has 0 saturated carbocycles. The van der Waals surface area contributed by atoms with E-state index >= 15 is 0 Å². The van der Waals surface area contributed by atoms with Crippen LogP contribution in [0.5, 0.6) is 0 Å². The summed E-state index contributed by atoms with van der Waals surface area (Å²) in [6, 6.07) is 43.4. The number of hydrogen-bond acceptors (Lipinski definition) is 6. The van der Waals surface area contributed by atoms with Crippen LogP contribution in [0.25, 0.3) is 120 Å². The van der Waals surface area contributed by atoms with Crippen molar-refractivity contribution in [3.05, 3.63) is 176 Å². The minimum absolute atomic E-state index is 0.0231. The van der Waals surface area contributed by atoms with E-state index < -0.39 is 0 Å². The number of rotatable bonds is 5. The summed E-state index contributed by atoms with van der Waals surface area (Å²) in [7, 11) is 0. The second-order valence-corrected chi connectivity index (χ2v) is 14.9. The maximum absolute atomic E-state index is 9.68. The van der Waals surface area contributed by atoms with E-state index in [1.54, 1.807) is 11.3 Å². The Hall–Kier alpha value is -7.41. The molecule has 0 spiro atoms. The Morgan fingerprint density at radius 3 is 2.02 bits per heavy atom. The van der Waals surface area contributed by atoms with E-state index in [4.69, 9.17) is 26.5 Å². The Balaban J connectivity index is 1.10. The number of furan rings is 2.